The Kier molecular flexibility index (Phi) is 4.36. The van der Waals surface area contributed by atoms with Crippen molar-refractivity contribution in [3.8, 4) is 0 Å². The number of hydrogen-bond acceptors (Lipinski definition) is 4. The third-order valence-electron chi connectivity index (χ3n) is 3.13. The summed E-state index contributed by atoms with van der Waals surface area (Å²) in [5.74, 6) is 2.79. The van der Waals surface area contributed by atoms with Gasteiger partial charge in [-0.2, -0.15) is 11.8 Å². The standard InChI is InChI=1S/C16H15ClN2OS/c1-21-10-14-5-4-13(20-14)9-19-15-8-12(17)7-11-3-2-6-18-16(11)15/h2-8,19H,9-10H2,1H3. The number of nitrogens with zero attached hydrogens (tertiary/aromatic N) is 1. The summed E-state index contributed by atoms with van der Waals surface area (Å²) in [6.07, 6.45) is 3.84. The summed E-state index contributed by atoms with van der Waals surface area (Å²) >= 11 is 7.90. The van der Waals surface area contributed by atoms with E-state index in [-0.39, 0.29) is 0 Å². The van der Waals surface area contributed by atoms with Crippen LogP contribution in [0.2, 0.25) is 5.02 Å². The van der Waals surface area contributed by atoms with Crippen molar-refractivity contribution >= 4 is 40.0 Å². The van der Waals surface area contributed by atoms with Crippen LogP contribution in [-0.2, 0) is 12.3 Å². The summed E-state index contributed by atoms with van der Waals surface area (Å²) in [5, 5.41) is 5.07. The maximum absolute atomic E-state index is 6.16. The van der Waals surface area contributed by atoms with E-state index in [0.717, 1.165) is 33.9 Å². The highest BCUT2D eigenvalue weighted by molar-refractivity contribution is 7.97. The molecule has 0 unspecified atom stereocenters. The average molecular weight is 319 g/mol. The van der Waals surface area contributed by atoms with Crippen molar-refractivity contribution in [1.29, 1.82) is 0 Å². The van der Waals surface area contributed by atoms with E-state index in [4.69, 9.17) is 16.0 Å². The van der Waals surface area contributed by atoms with Crippen LogP contribution in [0.3, 0.4) is 0 Å². The molecule has 0 atom stereocenters. The Labute approximate surface area is 132 Å². The van der Waals surface area contributed by atoms with Crippen LogP contribution in [0, 0.1) is 0 Å². The lowest BCUT2D eigenvalue weighted by atomic mass is 10.2. The third kappa shape index (κ3) is 3.34. The Morgan fingerprint density at radius 3 is 2.95 bits per heavy atom. The molecule has 2 heterocycles. The van der Waals surface area contributed by atoms with Crippen molar-refractivity contribution in [3.63, 3.8) is 0 Å². The highest BCUT2D eigenvalue weighted by atomic mass is 35.5. The largest absolute Gasteiger partial charge is 0.463 e. The second kappa shape index (κ2) is 6.41. The number of aromatic nitrogens is 1. The molecule has 1 aromatic carbocycles. The van der Waals surface area contributed by atoms with Crippen molar-refractivity contribution < 1.29 is 4.42 Å². The quantitative estimate of drug-likeness (QED) is 0.722. The summed E-state index contributed by atoms with van der Waals surface area (Å²) < 4.78 is 5.75. The minimum Gasteiger partial charge on any atom is -0.463 e. The average Bonchev–Trinajstić information content (AvgIpc) is 2.93. The van der Waals surface area contributed by atoms with Crippen LogP contribution in [0.1, 0.15) is 11.5 Å². The first kappa shape index (κ1) is 14.3. The maximum atomic E-state index is 6.16. The van der Waals surface area contributed by atoms with Gasteiger partial charge >= 0.3 is 0 Å². The van der Waals surface area contributed by atoms with Gasteiger partial charge in [-0.3, -0.25) is 4.98 Å². The van der Waals surface area contributed by atoms with Crippen molar-refractivity contribution in [2.75, 3.05) is 11.6 Å². The second-order valence-corrected chi connectivity index (χ2v) is 5.99. The predicted molar refractivity (Wildman–Crippen MR) is 90.0 cm³/mol. The third-order valence-corrected chi connectivity index (χ3v) is 3.92. The van der Waals surface area contributed by atoms with E-state index in [0.29, 0.717) is 11.6 Å². The molecule has 0 saturated carbocycles. The predicted octanol–water partition coefficient (Wildman–Crippen LogP) is 4.96. The Balaban J connectivity index is 1.81. The van der Waals surface area contributed by atoms with E-state index in [1.807, 2.05) is 36.4 Å². The molecule has 0 aliphatic rings. The van der Waals surface area contributed by atoms with Crippen LogP contribution in [0.5, 0.6) is 0 Å². The molecule has 0 bridgehead atoms. The maximum Gasteiger partial charge on any atom is 0.123 e. The number of halogens is 1. The number of pyridine rings is 1. The minimum absolute atomic E-state index is 0.612. The lowest BCUT2D eigenvalue weighted by molar-refractivity contribution is 0.487. The number of fused-ring (bicyclic) bond motifs is 1. The molecule has 0 fully saturated rings. The molecular formula is C16H15ClN2OS. The fraction of sp³-hybridized carbons (Fsp3) is 0.188. The lowest BCUT2D eigenvalue weighted by Crippen LogP contribution is -1.99. The Hall–Kier alpha value is -1.65. The summed E-state index contributed by atoms with van der Waals surface area (Å²) in [4.78, 5) is 4.41. The van der Waals surface area contributed by atoms with Gasteiger partial charge in [-0.05, 0) is 36.6 Å². The molecule has 1 N–H and O–H groups in total. The number of rotatable bonds is 5. The highest BCUT2D eigenvalue weighted by Crippen LogP contribution is 2.27. The van der Waals surface area contributed by atoms with Gasteiger partial charge in [0.2, 0.25) is 0 Å². The summed E-state index contributed by atoms with van der Waals surface area (Å²) in [6, 6.07) is 11.7. The molecule has 21 heavy (non-hydrogen) atoms. The van der Waals surface area contributed by atoms with Crippen molar-refractivity contribution in [2.45, 2.75) is 12.3 Å². The molecule has 2 aromatic heterocycles. The van der Waals surface area contributed by atoms with Crippen LogP contribution < -0.4 is 5.32 Å². The van der Waals surface area contributed by atoms with Crippen LogP contribution in [0.25, 0.3) is 10.9 Å². The molecule has 0 radical (unpaired) electrons. The van der Waals surface area contributed by atoms with E-state index in [1.165, 1.54) is 0 Å². The first-order valence-corrected chi connectivity index (χ1v) is 8.38. The molecule has 5 heteroatoms. The molecule has 0 aliphatic carbocycles. The normalized spacial score (nSPS) is 11.0. The topological polar surface area (TPSA) is 38.1 Å². The monoisotopic (exact) mass is 318 g/mol. The van der Waals surface area contributed by atoms with Gasteiger partial charge in [0.15, 0.2) is 0 Å². The number of benzene rings is 1. The SMILES string of the molecule is CSCc1ccc(CNc2cc(Cl)cc3cccnc23)o1. The van der Waals surface area contributed by atoms with Gasteiger partial charge in [-0.25, -0.2) is 0 Å². The number of hydrogen-bond donors (Lipinski definition) is 1. The number of anilines is 1. The summed E-state index contributed by atoms with van der Waals surface area (Å²) in [5.41, 5.74) is 1.83. The Bertz CT molecular complexity index is 757. The molecule has 0 amide bonds. The number of nitrogens with one attached hydrogen (secondary N) is 1. The number of thioether (sulfide) groups is 1. The molecule has 0 saturated heterocycles. The Morgan fingerprint density at radius 2 is 2.10 bits per heavy atom. The number of furan rings is 1. The molecule has 3 nitrogen and oxygen atoms in total. The zero-order valence-corrected chi connectivity index (χ0v) is 13.2. The van der Waals surface area contributed by atoms with Crippen LogP contribution in [-0.4, -0.2) is 11.2 Å². The van der Waals surface area contributed by atoms with Gasteiger partial charge < -0.3 is 9.73 Å². The molecular weight excluding hydrogens is 304 g/mol. The lowest BCUT2D eigenvalue weighted by Gasteiger charge is -2.08. The molecule has 0 spiro atoms. The minimum atomic E-state index is 0.612. The smallest absolute Gasteiger partial charge is 0.123 e. The summed E-state index contributed by atoms with van der Waals surface area (Å²) in [6.45, 7) is 0.612. The van der Waals surface area contributed by atoms with Crippen molar-refractivity contribution in [2.24, 2.45) is 0 Å². The Morgan fingerprint density at radius 1 is 1.24 bits per heavy atom. The molecule has 0 aliphatic heterocycles. The van der Waals surface area contributed by atoms with Gasteiger partial charge in [0, 0.05) is 16.6 Å². The van der Waals surface area contributed by atoms with Gasteiger partial charge in [-0.15, -0.1) is 0 Å². The van der Waals surface area contributed by atoms with E-state index in [9.17, 15) is 0 Å². The van der Waals surface area contributed by atoms with Crippen LogP contribution in [0.4, 0.5) is 5.69 Å². The van der Waals surface area contributed by atoms with E-state index in [2.05, 4.69) is 16.6 Å². The van der Waals surface area contributed by atoms with Crippen molar-refractivity contribution in [3.05, 3.63) is 59.1 Å². The fourth-order valence-corrected chi connectivity index (χ4v) is 2.88. The zero-order chi connectivity index (χ0) is 14.7. The van der Waals surface area contributed by atoms with Gasteiger partial charge in [0.1, 0.15) is 11.5 Å². The fourth-order valence-electron chi connectivity index (χ4n) is 2.21. The van der Waals surface area contributed by atoms with Crippen LogP contribution >= 0.6 is 23.4 Å². The second-order valence-electron chi connectivity index (χ2n) is 4.68. The van der Waals surface area contributed by atoms with Gasteiger partial charge in [0.05, 0.1) is 23.5 Å². The van der Waals surface area contributed by atoms with Gasteiger partial charge in [0.25, 0.3) is 0 Å². The first-order valence-electron chi connectivity index (χ1n) is 6.61. The zero-order valence-electron chi connectivity index (χ0n) is 11.6. The molecule has 108 valence electrons. The van der Waals surface area contributed by atoms with E-state index in [1.54, 1.807) is 18.0 Å². The summed E-state index contributed by atoms with van der Waals surface area (Å²) in [7, 11) is 0. The van der Waals surface area contributed by atoms with Crippen molar-refractivity contribution in [1.82, 2.24) is 4.98 Å². The first-order chi connectivity index (χ1) is 10.3. The van der Waals surface area contributed by atoms with E-state index < -0.39 is 0 Å². The van der Waals surface area contributed by atoms with Gasteiger partial charge in [-0.1, -0.05) is 17.7 Å². The molecule has 3 aromatic rings. The molecule has 3 rings (SSSR count). The van der Waals surface area contributed by atoms with Crippen LogP contribution in [0.15, 0.2) is 47.0 Å². The van der Waals surface area contributed by atoms with E-state index >= 15 is 0 Å². The highest BCUT2D eigenvalue weighted by Gasteiger charge is 2.06.